The Balaban J connectivity index is 1.85. The molecule has 0 radical (unpaired) electrons. The Kier molecular flexibility index (Phi) is 8.14. The molecule has 5 heteroatoms. The van der Waals surface area contributed by atoms with E-state index in [1.165, 1.54) is 5.56 Å². The van der Waals surface area contributed by atoms with E-state index in [9.17, 15) is 9.90 Å². The lowest BCUT2D eigenvalue weighted by Crippen LogP contribution is -2.41. The van der Waals surface area contributed by atoms with Crippen molar-refractivity contribution >= 4 is 6.03 Å². The first-order valence-electron chi connectivity index (χ1n) is 9.63. The summed E-state index contributed by atoms with van der Waals surface area (Å²) in [5.74, 6) is 0.250. The molecule has 0 heterocycles. The number of carbonyl (C=O) groups excluding carboxylic acids is 1. The van der Waals surface area contributed by atoms with Crippen LogP contribution in [-0.4, -0.2) is 35.2 Å². The van der Waals surface area contributed by atoms with Crippen molar-refractivity contribution in [2.45, 2.75) is 46.3 Å². The standard InChI is InChI=1S/C22H31N3O2/c1-4-25(5-2)16-20-9-7-6-8-19(20)15-23-22(27)24-17(3)14-18-10-12-21(26)13-11-18/h6-13,17,26H,4-5,14-16H2,1-3H3,(H2,23,24,27)/t17-/m1/s1. The third-order valence-electron chi connectivity index (χ3n) is 4.70. The van der Waals surface area contributed by atoms with Gasteiger partial charge in [0, 0.05) is 19.1 Å². The molecule has 0 bridgehead atoms. The molecule has 0 aliphatic heterocycles. The zero-order valence-corrected chi connectivity index (χ0v) is 16.5. The van der Waals surface area contributed by atoms with Gasteiger partial charge in [-0.1, -0.05) is 50.2 Å². The first-order valence-corrected chi connectivity index (χ1v) is 9.63. The van der Waals surface area contributed by atoms with Gasteiger partial charge in [0.2, 0.25) is 0 Å². The molecular formula is C22H31N3O2. The van der Waals surface area contributed by atoms with Crippen LogP contribution in [0.3, 0.4) is 0 Å². The van der Waals surface area contributed by atoms with Crippen LogP contribution in [0.25, 0.3) is 0 Å². The quantitative estimate of drug-likeness (QED) is 0.632. The minimum atomic E-state index is -0.168. The number of aromatic hydroxyl groups is 1. The van der Waals surface area contributed by atoms with Crippen LogP contribution in [0, 0.1) is 0 Å². The molecule has 2 amide bonds. The van der Waals surface area contributed by atoms with Crippen LogP contribution in [0.15, 0.2) is 48.5 Å². The highest BCUT2D eigenvalue weighted by Gasteiger charge is 2.10. The second-order valence-corrected chi connectivity index (χ2v) is 6.83. The predicted molar refractivity (Wildman–Crippen MR) is 110 cm³/mol. The third-order valence-corrected chi connectivity index (χ3v) is 4.70. The summed E-state index contributed by atoms with van der Waals surface area (Å²) < 4.78 is 0. The van der Waals surface area contributed by atoms with E-state index in [1.54, 1.807) is 12.1 Å². The summed E-state index contributed by atoms with van der Waals surface area (Å²) in [7, 11) is 0. The van der Waals surface area contributed by atoms with Gasteiger partial charge < -0.3 is 15.7 Å². The molecule has 146 valence electrons. The molecule has 0 aromatic heterocycles. The van der Waals surface area contributed by atoms with Crippen molar-refractivity contribution in [3.8, 4) is 5.75 Å². The Bertz CT molecular complexity index is 712. The Hall–Kier alpha value is -2.53. The molecule has 2 rings (SSSR count). The highest BCUT2D eigenvalue weighted by Crippen LogP contribution is 2.12. The summed E-state index contributed by atoms with van der Waals surface area (Å²) >= 11 is 0. The van der Waals surface area contributed by atoms with Gasteiger partial charge in [0.05, 0.1) is 0 Å². The average Bonchev–Trinajstić information content (AvgIpc) is 2.67. The summed E-state index contributed by atoms with van der Waals surface area (Å²) in [4.78, 5) is 14.6. The van der Waals surface area contributed by atoms with E-state index in [1.807, 2.05) is 31.2 Å². The maximum atomic E-state index is 12.2. The Morgan fingerprint density at radius 2 is 1.67 bits per heavy atom. The Morgan fingerprint density at radius 1 is 1.04 bits per heavy atom. The minimum absolute atomic E-state index is 0.000427. The zero-order chi connectivity index (χ0) is 19.6. The average molecular weight is 370 g/mol. The van der Waals surface area contributed by atoms with E-state index in [0.717, 1.165) is 30.8 Å². The van der Waals surface area contributed by atoms with Crippen molar-refractivity contribution in [2.75, 3.05) is 13.1 Å². The second kappa shape index (κ2) is 10.6. The number of hydrogen-bond donors (Lipinski definition) is 3. The molecule has 0 fully saturated rings. The predicted octanol–water partition coefficient (Wildman–Crippen LogP) is 3.66. The molecule has 0 unspecified atom stereocenters. The normalized spacial score (nSPS) is 12.0. The maximum absolute atomic E-state index is 12.2. The first-order chi connectivity index (χ1) is 13.0. The molecule has 0 saturated heterocycles. The van der Waals surface area contributed by atoms with E-state index in [2.05, 4.69) is 41.5 Å². The van der Waals surface area contributed by atoms with Crippen molar-refractivity contribution in [1.82, 2.24) is 15.5 Å². The Labute approximate surface area is 162 Å². The number of amides is 2. The summed E-state index contributed by atoms with van der Waals surface area (Å²) in [6.07, 6.45) is 0.715. The maximum Gasteiger partial charge on any atom is 0.315 e. The number of rotatable bonds is 9. The smallest absolute Gasteiger partial charge is 0.315 e. The van der Waals surface area contributed by atoms with E-state index in [4.69, 9.17) is 0 Å². The number of carbonyl (C=O) groups is 1. The van der Waals surface area contributed by atoms with Crippen molar-refractivity contribution in [3.63, 3.8) is 0 Å². The zero-order valence-electron chi connectivity index (χ0n) is 16.5. The molecule has 2 aromatic rings. The van der Waals surface area contributed by atoms with Crippen LogP contribution in [-0.2, 0) is 19.5 Å². The monoisotopic (exact) mass is 369 g/mol. The fourth-order valence-corrected chi connectivity index (χ4v) is 3.06. The van der Waals surface area contributed by atoms with Gasteiger partial charge in [-0.25, -0.2) is 4.79 Å². The van der Waals surface area contributed by atoms with Crippen molar-refractivity contribution in [3.05, 3.63) is 65.2 Å². The fourth-order valence-electron chi connectivity index (χ4n) is 3.06. The van der Waals surface area contributed by atoms with E-state index >= 15 is 0 Å². The number of nitrogens with zero attached hydrogens (tertiary/aromatic N) is 1. The Morgan fingerprint density at radius 3 is 2.30 bits per heavy atom. The lowest BCUT2D eigenvalue weighted by Gasteiger charge is -2.20. The lowest BCUT2D eigenvalue weighted by molar-refractivity contribution is 0.237. The number of urea groups is 1. The van der Waals surface area contributed by atoms with Crippen LogP contribution in [0.5, 0.6) is 5.75 Å². The molecule has 0 aliphatic carbocycles. The van der Waals surface area contributed by atoms with Crippen molar-refractivity contribution in [1.29, 1.82) is 0 Å². The molecule has 0 saturated carbocycles. The number of hydrogen-bond acceptors (Lipinski definition) is 3. The first kappa shape index (κ1) is 20.8. The van der Waals surface area contributed by atoms with E-state index in [0.29, 0.717) is 13.0 Å². The summed E-state index contributed by atoms with van der Waals surface area (Å²) in [6.45, 7) is 9.71. The van der Waals surface area contributed by atoms with Crippen LogP contribution in [0.1, 0.15) is 37.5 Å². The molecule has 3 N–H and O–H groups in total. The topological polar surface area (TPSA) is 64.6 Å². The number of phenols is 1. The summed E-state index contributed by atoms with van der Waals surface area (Å²) in [5.41, 5.74) is 3.47. The fraction of sp³-hybridized carbons (Fsp3) is 0.409. The molecule has 5 nitrogen and oxygen atoms in total. The van der Waals surface area contributed by atoms with Crippen LogP contribution < -0.4 is 10.6 Å². The second-order valence-electron chi connectivity index (χ2n) is 6.83. The lowest BCUT2D eigenvalue weighted by atomic mass is 10.1. The van der Waals surface area contributed by atoms with Gasteiger partial charge in [-0.2, -0.15) is 0 Å². The molecule has 27 heavy (non-hydrogen) atoms. The van der Waals surface area contributed by atoms with Crippen LogP contribution >= 0.6 is 0 Å². The van der Waals surface area contributed by atoms with Crippen LogP contribution in [0.2, 0.25) is 0 Å². The van der Waals surface area contributed by atoms with E-state index in [-0.39, 0.29) is 17.8 Å². The van der Waals surface area contributed by atoms with E-state index < -0.39 is 0 Å². The summed E-state index contributed by atoms with van der Waals surface area (Å²) in [6, 6.07) is 15.1. The molecule has 1 atom stereocenters. The molecule has 2 aromatic carbocycles. The molecular weight excluding hydrogens is 338 g/mol. The van der Waals surface area contributed by atoms with Gasteiger partial charge >= 0.3 is 6.03 Å². The van der Waals surface area contributed by atoms with Crippen molar-refractivity contribution < 1.29 is 9.90 Å². The molecule has 0 spiro atoms. The third kappa shape index (κ3) is 6.94. The van der Waals surface area contributed by atoms with Gasteiger partial charge in [0.1, 0.15) is 5.75 Å². The summed E-state index contributed by atoms with van der Waals surface area (Å²) in [5, 5.41) is 15.3. The van der Waals surface area contributed by atoms with Gasteiger partial charge in [-0.05, 0) is 55.3 Å². The molecule has 0 aliphatic rings. The highest BCUT2D eigenvalue weighted by atomic mass is 16.3. The SMILES string of the molecule is CCN(CC)Cc1ccccc1CNC(=O)N[C@H](C)Cc1ccc(O)cc1. The van der Waals surface area contributed by atoms with Gasteiger partial charge in [0.15, 0.2) is 0 Å². The minimum Gasteiger partial charge on any atom is -0.508 e. The number of phenolic OH excluding ortho intramolecular Hbond substituents is 1. The van der Waals surface area contributed by atoms with Gasteiger partial charge in [-0.15, -0.1) is 0 Å². The van der Waals surface area contributed by atoms with Crippen molar-refractivity contribution in [2.24, 2.45) is 0 Å². The largest absolute Gasteiger partial charge is 0.508 e. The number of nitrogens with one attached hydrogen (secondary N) is 2. The highest BCUT2D eigenvalue weighted by molar-refractivity contribution is 5.74. The number of benzene rings is 2. The van der Waals surface area contributed by atoms with Gasteiger partial charge in [0.25, 0.3) is 0 Å². The van der Waals surface area contributed by atoms with Crippen LogP contribution in [0.4, 0.5) is 4.79 Å². The van der Waals surface area contributed by atoms with Gasteiger partial charge in [-0.3, -0.25) is 4.90 Å².